The van der Waals surface area contributed by atoms with Crippen molar-refractivity contribution in [3.05, 3.63) is 45.2 Å². The molecule has 0 spiro atoms. The number of halogens is 3. The third-order valence-electron chi connectivity index (χ3n) is 4.78. The van der Waals surface area contributed by atoms with E-state index in [1.165, 1.54) is 18.4 Å². The molecule has 1 saturated heterocycles. The molecule has 0 radical (unpaired) electrons. The van der Waals surface area contributed by atoms with Crippen LogP contribution in [0.1, 0.15) is 24.3 Å². The molecule has 1 aromatic carbocycles. The molecule has 26 heavy (non-hydrogen) atoms. The zero-order valence-corrected chi connectivity index (χ0v) is 16.9. The van der Waals surface area contributed by atoms with Crippen LogP contribution >= 0.6 is 15.9 Å². The molecule has 144 valence electrons. The Morgan fingerprint density at radius 1 is 1.35 bits per heavy atom. The molecule has 2 aliphatic rings. The number of hydrogen-bond acceptors (Lipinski definition) is 5. The highest BCUT2D eigenvalue weighted by Crippen LogP contribution is 2.40. The molecule has 1 atom stereocenters. The van der Waals surface area contributed by atoms with Crippen LogP contribution in [-0.2, 0) is 9.84 Å². The highest BCUT2D eigenvalue weighted by atomic mass is 79.9. The normalized spacial score (nSPS) is 19.8. The molecule has 0 aromatic heterocycles. The molecule has 0 amide bonds. The van der Waals surface area contributed by atoms with Gasteiger partial charge >= 0.3 is 0 Å². The average Bonchev–Trinajstić information content (AvgIpc) is 3.11. The third-order valence-corrected chi connectivity index (χ3v) is 6.34. The van der Waals surface area contributed by atoms with Crippen molar-refractivity contribution in [2.24, 2.45) is 0 Å². The van der Waals surface area contributed by atoms with Crippen LogP contribution in [0.5, 0.6) is 0 Å². The van der Waals surface area contributed by atoms with E-state index in [-0.39, 0.29) is 21.7 Å². The van der Waals surface area contributed by atoms with Gasteiger partial charge in [0.05, 0.1) is 16.9 Å². The Labute approximate surface area is 160 Å². The molecule has 0 saturated carbocycles. The summed E-state index contributed by atoms with van der Waals surface area (Å²) in [5.41, 5.74) is 2.31. The Hall–Kier alpha value is -1.19. The van der Waals surface area contributed by atoms with Gasteiger partial charge in [-0.05, 0) is 34.5 Å². The van der Waals surface area contributed by atoms with Gasteiger partial charge in [0, 0.05) is 55.2 Å². The second kappa shape index (κ2) is 7.82. The fourth-order valence-electron chi connectivity index (χ4n) is 3.51. The molecule has 2 heterocycles. The first-order valence-electron chi connectivity index (χ1n) is 8.49. The van der Waals surface area contributed by atoms with Crippen LogP contribution in [0.3, 0.4) is 0 Å². The fraction of sp³-hybridized carbons (Fsp3) is 0.529. The molecule has 2 N–H and O–H groups in total. The molecule has 0 aliphatic carbocycles. The quantitative estimate of drug-likeness (QED) is 0.493. The van der Waals surface area contributed by atoms with Crippen molar-refractivity contribution in [1.82, 2.24) is 15.5 Å². The van der Waals surface area contributed by atoms with Crippen molar-refractivity contribution in [3.63, 3.8) is 0 Å². The predicted molar refractivity (Wildman–Crippen MR) is 100 cm³/mol. The van der Waals surface area contributed by atoms with Crippen LogP contribution in [0.4, 0.5) is 8.78 Å². The van der Waals surface area contributed by atoms with Crippen molar-refractivity contribution in [2.45, 2.75) is 18.8 Å². The lowest BCUT2D eigenvalue weighted by Crippen LogP contribution is -2.26. The van der Waals surface area contributed by atoms with E-state index in [0.29, 0.717) is 32.7 Å². The van der Waals surface area contributed by atoms with Crippen LogP contribution in [0.2, 0.25) is 0 Å². The van der Waals surface area contributed by atoms with Crippen LogP contribution in [0.25, 0.3) is 0 Å². The van der Waals surface area contributed by atoms with Gasteiger partial charge in [0.1, 0.15) is 21.5 Å². The maximum atomic E-state index is 14.4. The number of sulfone groups is 1. The fourth-order valence-corrected chi connectivity index (χ4v) is 4.37. The van der Waals surface area contributed by atoms with Gasteiger partial charge in [-0.15, -0.1) is 0 Å². The molecule has 2 aliphatic heterocycles. The van der Waals surface area contributed by atoms with E-state index < -0.39 is 21.5 Å². The summed E-state index contributed by atoms with van der Waals surface area (Å²) < 4.78 is 51.1. The van der Waals surface area contributed by atoms with E-state index in [2.05, 4.69) is 31.5 Å². The van der Waals surface area contributed by atoms with Gasteiger partial charge in [0.2, 0.25) is 0 Å². The van der Waals surface area contributed by atoms with Crippen molar-refractivity contribution < 1.29 is 17.2 Å². The van der Waals surface area contributed by atoms with Crippen molar-refractivity contribution in [1.29, 1.82) is 0 Å². The summed E-state index contributed by atoms with van der Waals surface area (Å²) >= 11 is 3.13. The van der Waals surface area contributed by atoms with Crippen molar-refractivity contribution in [2.75, 3.05) is 38.3 Å². The Balaban J connectivity index is 1.63. The summed E-state index contributed by atoms with van der Waals surface area (Å²) in [5, 5.41) is 6.45. The number of allylic oxidation sites excluding steroid dienone is 1. The minimum atomic E-state index is -2.96. The van der Waals surface area contributed by atoms with Crippen LogP contribution in [0, 0.1) is 11.6 Å². The summed E-state index contributed by atoms with van der Waals surface area (Å²) in [7, 11) is -2.96. The summed E-state index contributed by atoms with van der Waals surface area (Å²) in [5.74, 6) is -1.12. The van der Waals surface area contributed by atoms with E-state index >= 15 is 0 Å². The first-order chi connectivity index (χ1) is 12.3. The van der Waals surface area contributed by atoms with Gasteiger partial charge < -0.3 is 15.5 Å². The van der Waals surface area contributed by atoms with E-state index in [4.69, 9.17) is 0 Å². The average molecular weight is 450 g/mol. The number of benzene rings is 1. The lowest BCUT2D eigenvalue weighted by atomic mass is 9.96. The maximum absolute atomic E-state index is 14.4. The molecule has 0 bridgehead atoms. The Morgan fingerprint density at radius 2 is 2.12 bits per heavy atom. The monoisotopic (exact) mass is 449 g/mol. The number of fused-ring (bicyclic) bond motifs is 1. The summed E-state index contributed by atoms with van der Waals surface area (Å²) in [4.78, 5) is 2.12. The minimum Gasteiger partial charge on any atom is -0.370 e. The first kappa shape index (κ1) is 19.6. The molecule has 1 aromatic rings. The number of nitrogens with one attached hydrogen (secondary N) is 2. The maximum Gasteiger partial charge on any atom is 0.148 e. The summed E-state index contributed by atoms with van der Waals surface area (Å²) in [6.45, 7) is 2.29. The number of nitrogens with zero attached hydrogens (tertiary/aromatic N) is 1. The lowest BCUT2D eigenvalue weighted by molar-refractivity contribution is 0.393. The van der Waals surface area contributed by atoms with E-state index in [1.54, 1.807) is 0 Å². The lowest BCUT2D eigenvalue weighted by Gasteiger charge is -2.16. The highest BCUT2D eigenvalue weighted by Gasteiger charge is 2.36. The molecule has 0 unspecified atom stereocenters. The molecule has 5 nitrogen and oxygen atoms in total. The number of rotatable bonds is 7. The van der Waals surface area contributed by atoms with Crippen LogP contribution in [-0.4, -0.2) is 51.6 Å². The van der Waals surface area contributed by atoms with Gasteiger partial charge in [0.15, 0.2) is 0 Å². The molecule has 9 heteroatoms. The SMILES string of the molecule is CS(=O)(=O)CCNCCC1=C2C[C@H](c3c(F)ccc(Br)c3F)CN2CN1. The second-order valence-electron chi connectivity index (χ2n) is 6.77. The Kier molecular flexibility index (Phi) is 5.88. The summed E-state index contributed by atoms with van der Waals surface area (Å²) in [6, 6.07) is 2.68. The predicted octanol–water partition coefficient (Wildman–Crippen LogP) is 2.31. The first-order valence-corrected chi connectivity index (χ1v) is 11.3. The van der Waals surface area contributed by atoms with Gasteiger partial charge in [-0.1, -0.05) is 0 Å². The molecular formula is C17H22BrF2N3O2S. The Morgan fingerprint density at radius 3 is 2.85 bits per heavy atom. The van der Waals surface area contributed by atoms with E-state index in [1.807, 2.05) is 0 Å². The Bertz CT molecular complexity index is 830. The van der Waals surface area contributed by atoms with E-state index in [0.717, 1.165) is 17.8 Å². The van der Waals surface area contributed by atoms with Crippen molar-refractivity contribution >= 4 is 25.8 Å². The molecular weight excluding hydrogens is 428 g/mol. The van der Waals surface area contributed by atoms with Gasteiger partial charge in [-0.3, -0.25) is 0 Å². The van der Waals surface area contributed by atoms with Gasteiger partial charge in [0.25, 0.3) is 0 Å². The number of hydrogen-bond donors (Lipinski definition) is 2. The van der Waals surface area contributed by atoms with Crippen LogP contribution < -0.4 is 10.6 Å². The zero-order valence-electron chi connectivity index (χ0n) is 14.5. The van der Waals surface area contributed by atoms with Crippen LogP contribution in [0.15, 0.2) is 28.0 Å². The topological polar surface area (TPSA) is 61.4 Å². The third kappa shape index (κ3) is 4.37. The van der Waals surface area contributed by atoms with Crippen molar-refractivity contribution in [3.8, 4) is 0 Å². The molecule has 3 rings (SSSR count). The standard InChI is InChI=1S/C17H22BrF2N3O2S/c1-26(24,25)7-6-21-5-4-14-15-8-11(9-23(15)10-22-14)16-13(19)3-2-12(18)17(16)20/h2-3,11,21-22H,4-10H2,1H3/t11-/m0/s1. The highest BCUT2D eigenvalue weighted by molar-refractivity contribution is 9.10. The minimum absolute atomic E-state index is 0.113. The van der Waals surface area contributed by atoms with E-state index in [9.17, 15) is 17.2 Å². The summed E-state index contributed by atoms with van der Waals surface area (Å²) in [6.07, 6.45) is 2.54. The zero-order chi connectivity index (χ0) is 18.9. The molecule has 1 fully saturated rings. The van der Waals surface area contributed by atoms with Gasteiger partial charge in [-0.25, -0.2) is 17.2 Å². The largest absolute Gasteiger partial charge is 0.370 e. The van der Waals surface area contributed by atoms with Gasteiger partial charge in [-0.2, -0.15) is 0 Å². The second-order valence-corrected chi connectivity index (χ2v) is 9.88. The smallest absolute Gasteiger partial charge is 0.148 e.